The number of halogens is 2. The van der Waals surface area contributed by atoms with Gasteiger partial charge in [0, 0.05) is 11.4 Å². The Morgan fingerprint density at radius 2 is 1.76 bits per heavy atom. The molecule has 1 unspecified atom stereocenters. The van der Waals surface area contributed by atoms with Crippen molar-refractivity contribution in [3.8, 4) is 5.75 Å². The van der Waals surface area contributed by atoms with Gasteiger partial charge in [-0.15, -0.1) is 0 Å². The molecule has 2 nitrogen and oxygen atoms in total. The van der Waals surface area contributed by atoms with Gasteiger partial charge in [0.1, 0.15) is 18.2 Å². The van der Waals surface area contributed by atoms with Gasteiger partial charge in [-0.25, -0.2) is 4.39 Å². The summed E-state index contributed by atoms with van der Waals surface area (Å²) in [5.41, 5.74) is 2.17. The van der Waals surface area contributed by atoms with Gasteiger partial charge >= 0.3 is 0 Å². The Balaban J connectivity index is 1.67. The second kappa shape index (κ2) is 8.15. The third-order valence-corrected chi connectivity index (χ3v) is 4.15. The van der Waals surface area contributed by atoms with Crippen molar-refractivity contribution < 1.29 is 14.2 Å². The highest BCUT2D eigenvalue weighted by Gasteiger charge is 2.13. The van der Waals surface area contributed by atoms with Crippen LogP contribution in [0.1, 0.15) is 22.8 Å². The van der Waals surface area contributed by atoms with E-state index in [1.807, 2.05) is 42.5 Å². The number of ether oxygens (including phenoxy) is 1. The minimum atomic E-state index is -0.823. The first kappa shape index (κ1) is 17.5. The maximum atomic E-state index is 13.9. The highest BCUT2D eigenvalue weighted by molar-refractivity contribution is 6.30. The van der Waals surface area contributed by atoms with Gasteiger partial charge in [0.2, 0.25) is 0 Å². The molecule has 0 aliphatic heterocycles. The van der Waals surface area contributed by atoms with Gasteiger partial charge in [0.25, 0.3) is 0 Å². The van der Waals surface area contributed by atoms with Crippen molar-refractivity contribution in [2.75, 3.05) is 0 Å². The molecule has 3 aromatic carbocycles. The molecule has 128 valence electrons. The number of rotatable bonds is 6. The summed E-state index contributed by atoms with van der Waals surface area (Å²) in [6.45, 7) is 0.451. The van der Waals surface area contributed by atoms with Crippen LogP contribution in [0.4, 0.5) is 4.39 Å². The van der Waals surface area contributed by atoms with E-state index in [1.165, 1.54) is 6.07 Å². The van der Waals surface area contributed by atoms with Gasteiger partial charge in [0.05, 0.1) is 6.10 Å². The first-order valence-electron chi connectivity index (χ1n) is 8.00. The molecule has 25 heavy (non-hydrogen) atoms. The monoisotopic (exact) mass is 356 g/mol. The topological polar surface area (TPSA) is 29.5 Å². The normalized spacial score (nSPS) is 12.0. The molecule has 0 radical (unpaired) electrons. The van der Waals surface area contributed by atoms with E-state index in [0.717, 1.165) is 5.56 Å². The number of benzene rings is 3. The van der Waals surface area contributed by atoms with Crippen molar-refractivity contribution in [1.82, 2.24) is 0 Å². The maximum Gasteiger partial charge on any atom is 0.127 e. The van der Waals surface area contributed by atoms with Gasteiger partial charge in [-0.1, -0.05) is 60.1 Å². The molecule has 3 rings (SSSR count). The van der Waals surface area contributed by atoms with E-state index in [1.54, 1.807) is 24.3 Å². The zero-order valence-electron chi connectivity index (χ0n) is 13.5. The second-order valence-corrected chi connectivity index (χ2v) is 6.24. The summed E-state index contributed by atoms with van der Waals surface area (Å²) in [5, 5.41) is 10.8. The Bertz CT molecular complexity index is 836. The van der Waals surface area contributed by atoms with Crippen LogP contribution in [0.5, 0.6) is 5.75 Å². The molecule has 0 amide bonds. The van der Waals surface area contributed by atoms with Crippen LogP contribution in [0.3, 0.4) is 0 Å². The van der Waals surface area contributed by atoms with Crippen molar-refractivity contribution in [2.24, 2.45) is 0 Å². The zero-order chi connectivity index (χ0) is 17.6. The minimum Gasteiger partial charge on any atom is -0.489 e. The Hall–Kier alpha value is -2.36. The molecule has 1 atom stereocenters. The van der Waals surface area contributed by atoms with E-state index >= 15 is 0 Å². The summed E-state index contributed by atoms with van der Waals surface area (Å²) in [4.78, 5) is 0. The molecule has 0 saturated heterocycles. The molecular formula is C21H18ClFO2. The van der Waals surface area contributed by atoms with Crippen LogP contribution in [-0.2, 0) is 13.0 Å². The molecule has 0 saturated carbocycles. The molecule has 0 aliphatic carbocycles. The lowest BCUT2D eigenvalue weighted by Gasteiger charge is -2.14. The summed E-state index contributed by atoms with van der Waals surface area (Å²) in [5.74, 6) is 0.250. The van der Waals surface area contributed by atoms with E-state index in [2.05, 4.69) is 0 Å². The number of hydrogen-bond acceptors (Lipinski definition) is 2. The van der Waals surface area contributed by atoms with Crippen molar-refractivity contribution in [3.05, 3.63) is 100 Å². The van der Waals surface area contributed by atoms with Crippen molar-refractivity contribution in [2.45, 2.75) is 19.1 Å². The van der Waals surface area contributed by atoms with Crippen LogP contribution in [0.2, 0.25) is 5.02 Å². The lowest BCUT2D eigenvalue weighted by molar-refractivity contribution is 0.176. The Morgan fingerprint density at radius 1 is 0.960 bits per heavy atom. The predicted octanol–water partition coefficient (Wildman–Crippen LogP) is 5.33. The zero-order valence-corrected chi connectivity index (χ0v) is 14.3. The lowest BCUT2D eigenvalue weighted by atomic mass is 10.0. The quantitative estimate of drug-likeness (QED) is 0.646. The van der Waals surface area contributed by atoms with Gasteiger partial charge in [-0.3, -0.25) is 0 Å². The smallest absolute Gasteiger partial charge is 0.127 e. The van der Waals surface area contributed by atoms with Crippen LogP contribution in [-0.4, -0.2) is 5.11 Å². The van der Waals surface area contributed by atoms with E-state index in [-0.39, 0.29) is 6.42 Å². The van der Waals surface area contributed by atoms with Crippen molar-refractivity contribution in [1.29, 1.82) is 0 Å². The summed E-state index contributed by atoms with van der Waals surface area (Å²) < 4.78 is 19.7. The van der Waals surface area contributed by atoms with Crippen LogP contribution in [0.25, 0.3) is 0 Å². The van der Waals surface area contributed by atoms with Gasteiger partial charge < -0.3 is 9.84 Å². The van der Waals surface area contributed by atoms with Gasteiger partial charge in [-0.2, -0.15) is 0 Å². The molecule has 1 N–H and O–H groups in total. The van der Waals surface area contributed by atoms with Crippen LogP contribution >= 0.6 is 11.6 Å². The molecule has 0 bridgehead atoms. The largest absolute Gasteiger partial charge is 0.489 e. The fourth-order valence-electron chi connectivity index (χ4n) is 2.57. The molecule has 0 spiro atoms. The van der Waals surface area contributed by atoms with E-state index in [9.17, 15) is 9.50 Å². The van der Waals surface area contributed by atoms with Crippen LogP contribution in [0, 0.1) is 5.82 Å². The van der Waals surface area contributed by atoms with Gasteiger partial charge in [-0.05, 0) is 41.0 Å². The summed E-state index contributed by atoms with van der Waals surface area (Å²) in [6.07, 6.45) is -0.651. The lowest BCUT2D eigenvalue weighted by Crippen LogP contribution is -2.04. The fraction of sp³-hybridized carbons (Fsp3) is 0.143. The van der Waals surface area contributed by atoms with Gasteiger partial charge in [0.15, 0.2) is 0 Å². The maximum absolute atomic E-state index is 13.9. The number of aliphatic hydroxyl groups is 1. The van der Waals surface area contributed by atoms with Crippen LogP contribution in [0.15, 0.2) is 72.8 Å². The molecule has 0 aromatic heterocycles. The summed E-state index contributed by atoms with van der Waals surface area (Å²) in [6, 6.07) is 21.5. The molecule has 4 heteroatoms. The average Bonchev–Trinajstić information content (AvgIpc) is 2.63. The number of aliphatic hydroxyl groups excluding tert-OH is 1. The van der Waals surface area contributed by atoms with Crippen molar-refractivity contribution >= 4 is 11.6 Å². The third-order valence-electron chi connectivity index (χ3n) is 3.92. The van der Waals surface area contributed by atoms with E-state index in [0.29, 0.717) is 28.5 Å². The average molecular weight is 357 g/mol. The summed E-state index contributed by atoms with van der Waals surface area (Å²) >= 11 is 5.76. The van der Waals surface area contributed by atoms with E-state index < -0.39 is 11.9 Å². The Labute approximate surface area is 151 Å². The molecular weight excluding hydrogens is 339 g/mol. The van der Waals surface area contributed by atoms with Crippen molar-refractivity contribution in [3.63, 3.8) is 0 Å². The predicted molar refractivity (Wildman–Crippen MR) is 97.3 cm³/mol. The highest BCUT2D eigenvalue weighted by Crippen LogP contribution is 2.25. The molecule has 0 heterocycles. The van der Waals surface area contributed by atoms with E-state index in [4.69, 9.17) is 16.3 Å². The number of hydrogen-bond donors (Lipinski definition) is 1. The first-order valence-corrected chi connectivity index (χ1v) is 8.38. The first-order chi connectivity index (χ1) is 12.1. The fourth-order valence-corrected chi connectivity index (χ4v) is 2.72. The van der Waals surface area contributed by atoms with Crippen LogP contribution < -0.4 is 4.74 Å². The molecule has 0 aliphatic rings. The molecule has 0 fully saturated rings. The minimum absolute atomic E-state index is 0.172. The summed E-state index contributed by atoms with van der Waals surface area (Å²) in [7, 11) is 0. The molecule has 3 aromatic rings. The SMILES string of the molecule is OC(Cc1ccc(Cl)cc1F)c1cccc(OCc2ccccc2)c1. The Morgan fingerprint density at radius 3 is 2.52 bits per heavy atom. The highest BCUT2D eigenvalue weighted by atomic mass is 35.5. The standard InChI is InChI=1S/C21H18ClFO2/c22-18-10-9-16(20(23)13-18)12-21(24)17-7-4-8-19(11-17)25-14-15-5-2-1-3-6-15/h1-11,13,21,24H,12,14H2. The third kappa shape index (κ3) is 4.81. The second-order valence-electron chi connectivity index (χ2n) is 5.80. The Kier molecular flexibility index (Phi) is 5.69.